The number of benzene rings is 1. The average Bonchev–Trinajstić information content (AvgIpc) is 2.66. The highest BCUT2D eigenvalue weighted by atomic mass is 79.9. The number of hydrogen-bond acceptors (Lipinski definition) is 4. The molecule has 0 saturated carbocycles. The Morgan fingerprint density at radius 1 is 1.25 bits per heavy atom. The Bertz CT molecular complexity index is 796. The van der Waals surface area contributed by atoms with Crippen LogP contribution in [0.1, 0.15) is 40.0 Å². The monoisotopic (exact) mass is 473 g/mol. The lowest BCUT2D eigenvalue weighted by atomic mass is 10.0. The molecule has 1 unspecified atom stereocenters. The second-order valence-electron chi connectivity index (χ2n) is 7.34. The van der Waals surface area contributed by atoms with Crippen LogP contribution in [0.15, 0.2) is 33.6 Å². The van der Waals surface area contributed by atoms with Crippen LogP contribution < -0.4 is 10.0 Å². The normalized spacial score (nSPS) is 18.8. The molecule has 1 aliphatic rings. The Hall–Kier alpha value is -1.45. The van der Waals surface area contributed by atoms with Crippen molar-refractivity contribution in [2.45, 2.75) is 57.0 Å². The lowest BCUT2D eigenvalue weighted by Crippen LogP contribution is -2.56. The molecule has 1 aromatic rings. The molecule has 0 radical (unpaired) electrons. The number of nitrogens with one attached hydrogen (secondary N) is 2. The van der Waals surface area contributed by atoms with E-state index in [1.54, 1.807) is 24.0 Å². The van der Waals surface area contributed by atoms with Crippen LogP contribution in [0.2, 0.25) is 0 Å². The summed E-state index contributed by atoms with van der Waals surface area (Å²) in [6, 6.07) is 5.31. The quantitative estimate of drug-likeness (QED) is 0.634. The van der Waals surface area contributed by atoms with Gasteiger partial charge in [0.1, 0.15) is 6.04 Å². The average molecular weight is 474 g/mol. The highest BCUT2D eigenvalue weighted by Crippen LogP contribution is 2.18. The first-order valence-electron chi connectivity index (χ1n) is 9.50. The van der Waals surface area contributed by atoms with Gasteiger partial charge in [-0.15, -0.1) is 0 Å². The SMILES string of the molecule is CCC(=O)NC1CCCN(C(=O)[C@@H](NS(=O)(=O)c2ccc(Br)cc2)C(C)C)C1. The molecule has 1 heterocycles. The number of sulfonamides is 1. The van der Waals surface area contributed by atoms with Crippen molar-refractivity contribution in [1.29, 1.82) is 0 Å². The molecule has 2 amide bonds. The highest BCUT2D eigenvalue weighted by molar-refractivity contribution is 9.10. The van der Waals surface area contributed by atoms with Crippen molar-refractivity contribution < 1.29 is 18.0 Å². The summed E-state index contributed by atoms with van der Waals surface area (Å²) in [4.78, 5) is 26.5. The number of halogens is 1. The molecule has 156 valence electrons. The molecule has 1 aliphatic heterocycles. The fourth-order valence-corrected chi connectivity index (χ4v) is 4.74. The molecule has 0 aliphatic carbocycles. The van der Waals surface area contributed by atoms with Crippen LogP contribution in [-0.2, 0) is 19.6 Å². The van der Waals surface area contributed by atoms with Gasteiger partial charge < -0.3 is 10.2 Å². The van der Waals surface area contributed by atoms with E-state index in [1.807, 2.05) is 13.8 Å². The number of hydrogen-bond donors (Lipinski definition) is 2. The number of likely N-dealkylation sites (tertiary alicyclic amines) is 1. The first-order chi connectivity index (χ1) is 13.1. The molecular weight excluding hydrogens is 446 g/mol. The fourth-order valence-electron chi connectivity index (χ4n) is 3.14. The van der Waals surface area contributed by atoms with Gasteiger partial charge in [-0.2, -0.15) is 4.72 Å². The minimum atomic E-state index is -3.83. The molecule has 9 heteroatoms. The third-order valence-electron chi connectivity index (χ3n) is 4.76. The van der Waals surface area contributed by atoms with Crippen molar-refractivity contribution in [2.75, 3.05) is 13.1 Å². The second-order valence-corrected chi connectivity index (χ2v) is 9.97. The zero-order chi connectivity index (χ0) is 20.9. The minimum absolute atomic E-state index is 0.0457. The van der Waals surface area contributed by atoms with Crippen LogP contribution in [0.3, 0.4) is 0 Å². The summed E-state index contributed by atoms with van der Waals surface area (Å²) >= 11 is 3.28. The van der Waals surface area contributed by atoms with Crippen molar-refractivity contribution >= 4 is 37.8 Å². The van der Waals surface area contributed by atoms with Crippen molar-refractivity contribution in [1.82, 2.24) is 14.9 Å². The van der Waals surface area contributed by atoms with E-state index in [0.717, 1.165) is 17.3 Å². The zero-order valence-electron chi connectivity index (χ0n) is 16.4. The molecule has 0 aromatic heterocycles. The number of carbonyl (C=O) groups is 2. The molecule has 28 heavy (non-hydrogen) atoms. The third kappa shape index (κ3) is 6.02. The highest BCUT2D eigenvalue weighted by Gasteiger charge is 2.34. The van der Waals surface area contributed by atoms with Gasteiger partial charge in [-0.3, -0.25) is 9.59 Å². The first kappa shape index (κ1) is 22.8. The summed E-state index contributed by atoms with van der Waals surface area (Å²) in [7, 11) is -3.83. The Morgan fingerprint density at radius 3 is 2.46 bits per heavy atom. The van der Waals surface area contributed by atoms with Gasteiger partial charge in [0, 0.05) is 30.0 Å². The van der Waals surface area contributed by atoms with Crippen LogP contribution in [0.25, 0.3) is 0 Å². The van der Waals surface area contributed by atoms with Gasteiger partial charge in [-0.1, -0.05) is 36.7 Å². The van der Waals surface area contributed by atoms with Gasteiger partial charge >= 0.3 is 0 Å². The maximum Gasteiger partial charge on any atom is 0.241 e. The molecule has 1 fully saturated rings. The van der Waals surface area contributed by atoms with Crippen molar-refractivity contribution in [3.05, 3.63) is 28.7 Å². The van der Waals surface area contributed by atoms with Crippen molar-refractivity contribution in [3.8, 4) is 0 Å². The van der Waals surface area contributed by atoms with E-state index in [1.165, 1.54) is 12.1 Å². The van der Waals surface area contributed by atoms with E-state index in [9.17, 15) is 18.0 Å². The number of piperidine rings is 1. The third-order valence-corrected chi connectivity index (χ3v) is 6.74. The first-order valence-corrected chi connectivity index (χ1v) is 11.8. The molecule has 2 atom stereocenters. The summed E-state index contributed by atoms with van der Waals surface area (Å²) in [5, 5.41) is 2.92. The van der Waals surface area contributed by atoms with Gasteiger partial charge in [-0.05, 0) is 43.0 Å². The lowest BCUT2D eigenvalue weighted by molar-refractivity contribution is -0.136. The summed E-state index contributed by atoms with van der Waals surface area (Å²) in [5.74, 6) is -0.523. The smallest absolute Gasteiger partial charge is 0.241 e. The van der Waals surface area contributed by atoms with Gasteiger partial charge in [0.2, 0.25) is 21.8 Å². The predicted octanol–water partition coefficient (Wildman–Crippen LogP) is 2.27. The van der Waals surface area contributed by atoms with Crippen molar-refractivity contribution in [2.24, 2.45) is 5.92 Å². The number of amides is 2. The van der Waals surface area contributed by atoms with Crippen LogP contribution in [0.4, 0.5) is 0 Å². The molecule has 7 nitrogen and oxygen atoms in total. The molecule has 1 aromatic carbocycles. The molecule has 0 bridgehead atoms. The Labute approximate surface area is 175 Å². The van der Waals surface area contributed by atoms with Crippen LogP contribution in [0.5, 0.6) is 0 Å². The Balaban J connectivity index is 2.13. The molecule has 0 spiro atoms. The summed E-state index contributed by atoms with van der Waals surface area (Å²) in [6.45, 7) is 6.36. The van der Waals surface area contributed by atoms with Gasteiger partial charge in [-0.25, -0.2) is 8.42 Å². The fraction of sp³-hybridized carbons (Fsp3) is 0.579. The maximum atomic E-state index is 13.1. The van der Waals surface area contributed by atoms with Crippen molar-refractivity contribution in [3.63, 3.8) is 0 Å². The minimum Gasteiger partial charge on any atom is -0.352 e. The summed E-state index contributed by atoms with van der Waals surface area (Å²) in [6.07, 6.45) is 1.98. The van der Waals surface area contributed by atoms with Gasteiger partial charge in [0.05, 0.1) is 4.90 Å². The van der Waals surface area contributed by atoms with Crippen LogP contribution in [0, 0.1) is 5.92 Å². The van der Waals surface area contributed by atoms with Crippen LogP contribution >= 0.6 is 15.9 Å². The molecular formula is C19H28BrN3O4S. The summed E-state index contributed by atoms with van der Waals surface area (Å²) < 4.78 is 28.8. The van der Waals surface area contributed by atoms with E-state index in [0.29, 0.717) is 19.5 Å². The van der Waals surface area contributed by atoms with E-state index < -0.39 is 16.1 Å². The lowest BCUT2D eigenvalue weighted by Gasteiger charge is -2.36. The van der Waals surface area contributed by atoms with E-state index in [-0.39, 0.29) is 28.7 Å². The largest absolute Gasteiger partial charge is 0.352 e. The van der Waals surface area contributed by atoms with Gasteiger partial charge in [0.15, 0.2) is 0 Å². The van der Waals surface area contributed by atoms with E-state index in [2.05, 4.69) is 26.0 Å². The Morgan fingerprint density at radius 2 is 1.89 bits per heavy atom. The van der Waals surface area contributed by atoms with Gasteiger partial charge in [0.25, 0.3) is 0 Å². The topological polar surface area (TPSA) is 95.6 Å². The number of carbonyl (C=O) groups excluding carboxylic acids is 2. The van der Waals surface area contributed by atoms with Crippen LogP contribution in [-0.4, -0.2) is 50.3 Å². The van der Waals surface area contributed by atoms with E-state index in [4.69, 9.17) is 0 Å². The number of nitrogens with zero attached hydrogens (tertiary/aromatic N) is 1. The second kappa shape index (κ2) is 9.84. The predicted molar refractivity (Wildman–Crippen MR) is 111 cm³/mol. The zero-order valence-corrected chi connectivity index (χ0v) is 18.8. The molecule has 2 rings (SSSR count). The molecule has 2 N–H and O–H groups in total. The van der Waals surface area contributed by atoms with E-state index >= 15 is 0 Å². The maximum absolute atomic E-state index is 13.1. The number of rotatable bonds is 7. The molecule has 1 saturated heterocycles. The standard InChI is InChI=1S/C19H28BrN3O4S/c1-4-17(24)21-15-6-5-11-23(12-15)19(25)18(13(2)3)22-28(26,27)16-9-7-14(20)8-10-16/h7-10,13,15,18,22H,4-6,11-12H2,1-3H3,(H,21,24)/t15?,18-/m0/s1. The Kier molecular flexibility index (Phi) is 8.03. The summed E-state index contributed by atoms with van der Waals surface area (Å²) in [5.41, 5.74) is 0.